The Balaban J connectivity index is 2.39. The summed E-state index contributed by atoms with van der Waals surface area (Å²) in [4.78, 5) is 25.2. The first kappa shape index (κ1) is 17.3. The molecule has 116 valence electrons. The number of likely N-dealkylation sites (N-methyl/N-ethyl adjacent to an activating group) is 1. The fraction of sp³-hybridized carbons (Fsp3) is 0.500. The number of ketones is 1. The number of aliphatic hydroxyl groups is 1. The highest BCUT2D eigenvalue weighted by molar-refractivity contribution is 5.97. The average molecular weight is 292 g/mol. The molecule has 0 aliphatic heterocycles. The highest BCUT2D eigenvalue weighted by Gasteiger charge is 2.08. The van der Waals surface area contributed by atoms with Gasteiger partial charge in [-0.1, -0.05) is 12.1 Å². The van der Waals surface area contributed by atoms with E-state index in [-0.39, 0.29) is 18.3 Å². The van der Waals surface area contributed by atoms with Gasteiger partial charge in [-0.25, -0.2) is 0 Å². The van der Waals surface area contributed by atoms with Crippen LogP contribution in [0.2, 0.25) is 0 Å². The molecule has 0 atom stereocenters. The largest absolute Gasteiger partial charge is 0.396 e. The van der Waals surface area contributed by atoms with Crippen LogP contribution in [0.25, 0.3) is 0 Å². The molecule has 1 aromatic rings. The Morgan fingerprint density at radius 3 is 2.67 bits per heavy atom. The third-order valence-electron chi connectivity index (χ3n) is 3.16. The first-order valence-electron chi connectivity index (χ1n) is 7.23. The number of nitrogens with zero attached hydrogens (tertiary/aromatic N) is 1. The van der Waals surface area contributed by atoms with E-state index in [2.05, 4.69) is 5.32 Å². The van der Waals surface area contributed by atoms with Crippen molar-refractivity contribution in [2.75, 3.05) is 32.1 Å². The molecule has 2 N–H and O–H groups in total. The summed E-state index contributed by atoms with van der Waals surface area (Å²) in [5.41, 5.74) is 1.23. The second-order valence-electron chi connectivity index (χ2n) is 5.21. The molecule has 0 saturated heterocycles. The standard InChI is InChI=1S/C16H24N2O3/c1-13(20)14-7-6-8-15(11-14)17-16(21)12-18(2)9-4-3-5-10-19/h6-8,11,19H,3-5,9-10,12H2,1-2H3,(H,17,21). The van der Waals surface area contributed by atoms with Gasteiger partial charge in [-0.3, -0.25) is 14.5 Å². The Bertz CT molecular complexity index is 474. The van der Waals surface area contributed by atoms with E-state index < -0.39 is 0 Å². The predicted molar refractivity (Wildman–Crippen MR) is 83.5 cm³/mol. The molecule has 0 fully saturated rings. The second-order valence-corrected chi connectivity index (χ2v) is 5.21. The fourth-order valence-electron chi connectivity index (χ4n) is 2.01. The summed E-state index contributed by atoms with van der Waals surface area (Å²) in [5.74, 6) is -0.118. The SMILES string of the molecule is CC(=O)c1cccc(NC(=O)CN(C)CCCCCO)c1. The van der Waals surface area contributed by atoms with E-state index >= 15 is 0 Å². The lowest BCUT2D eigenvalue weighted by Gasteiger charge is -2.16. The lowest BCUT2D eigenvalue weighted by Crippen LogP contribution is -2.31. The molecular formula is C16H24N2O3. The van der Waals surface area contributed by atoms with E-state index in [4.69, 9.17) is 5.11 Å². The zero-order valence-electron chi connectivity index (χ0n) is 12.8. The van der Waals surface area contributed by atoms with Crippen molar-refractivity contribution < 1.29 is 14.7 Å². The molecule has 1 rings (SSSR count). The molecule has 0 aromatic heterocycles. The minimum Gasteiger partial charge on any atom is -0.396 e. The number of anilines is 1. The zero-order chi connectivity index (χ0) is 15.7. The predicted octanol–water partition coefficient (Wildman–Crippen LogP) is 1.92. The molecule has 1 aromatic carbocycles. The summed E-state index contributed by atoms with van der Waals surface area (Å²) in [6, 6.07) is 6.93. The molecule has 0 unspecified atom stereocenters. The highest BCUT2D eigenvalue weighted by Crippen LogP contribution is 2.11. The van der Waals surface area contributed by atoms with Crippen LogP contribution in [0.4, 0.5) is 5.69 Å². The highest BCUT2D eigenvalue weighted by atomic mass is 16.2. The number of unbranched alkanes of at least 4 members (excludes halogenated alkanes) is 2. The van der Waals surface area contributed by atoms with Crippen LogP contribution in [0, 0.1) is 0 Å². The van der Waals surface area contributed by atoms with E-state index in [1.807, 2.05) is 11.9 Å². The van der Waals surface area contributed by atoms with Gasteiger partial charge in [-0.05, 0) is 51.9 Å². The van der Waals surface area contributed by atoms with Gasteiger partial charge in [0, 0.05) is 17.9 Å². The quantitative estimate of drug-likeness (QED) is 0.539. The van der Waals surface area contributed by atoms with Crippen molar-refractivity contribution in [3.8, 4) is 0 Å². The molecule has 0 bridgehead atoms. The van der Waals surface area contributed by atoms with Gasteiger partial charge in [0.2, 0.25) is 5.91 Å². The van der Waals surface area contributed by atoms with Crippen molar-refractivity contribution in [2.24, 2.45) is 0 Å². The van der Waals surface area contributed by atoms with E-state index in [0.717, 1.165) is 25.8 Å². The van der Waals surface area contributed by atoms with Gasteiger partial charge in [0.15, 0.2) is 5.78 Å². The Morgan fingerprint density at radius 2 is 2.00 bits per heavy atom. The van der Waals surface area contributed by atoms with Crippen molar-refractivity contribution in [1.82, 2.24) is 4.90 Å². The minimum absolute atomic E-state index is 0.0212. The molecule has 0 aliphatic carbocycles. The van der Waals surface area contributed by atoms with Crippen LogP contribution in [0.3, 0.4) is 0 Å². The lowest BCUT2D eigenvalue weighted by atomic mass is 10.1. The number of benzene rings is 1. The normalized spacial score (nSPS) is 10.7. The number of carbonyl (C=O) groups excluding carboxylic acids is 2. The second kappa shape index (κ2) is 9.26. The van der Waals surface area contributed by atoms with Gasteiger partial charge in [-0.2, -0.15) is 0 Å². The van der Waals surface area contributed by atoms with E-state index in [1.165, 1.54) is 6.92 Å². The molecule has 5 heteroatoms. The number of carbonyl (C=O) groups is 2. The summed E-state index contributed by atoms with van der Waals surface area (Å²) < 4.78 is 0. The van der Waals surface area contributed by atoms with Crippen molar-refractivity contribution in [3.63, 3.8) is 0 Å². The maximum atomic E-state index is 11.9. The van der Waals surface area contributed by atoms with Crippen LogP contribution in [0.15, 0.2) is 24.3 Å². The Labute approximate surface area is 126 Å². The molecule has 1 amide bonds. The van der Waals surface area contributed by atoms with Gasteiger partial charge < -0.3 is 10.4 Å². The molecular weight excluding hydrogens is 268 g/mol. The zero-order valence-corrected chi connectivity index (χ0v) is 12.8. The third kappa shape index (κ3) is 7.02. The smallest absolute Gasteiger partial charge is 0.238 e. The summed E-state index contributed by atoms with van der Waals surface area (Å²) in [7, 11) is 1.89. The van der Waals surface area contributed by atoms with Gasteiger partial charge >= 0.3 is 0 Å². The maximum absolute atomic E-state index is 11.9. The number of Topliss-reactive ketones (excluding diaryl/α,β-unsaturated/α-hetero) is 1. The summed E-state index contributed by atoms with van der Waals surface area (Å²) in [5, 5.41) is 11.5. The summed E-state index contributed by atoms with van der Waals surface area (Å²) in [6.07, 6.45) is 2.73. The molecule has 0 heterocycles. The number of aliphatic hydroxyl groups excluding tert-OH is 1. The van der Waals surface area contributed by atoms with Crippen molar-refractivity contribution in [1.29, 1.82) is 0 Å². The van der Waals surface area contributed by atoms with Crippen LogP contribution in [-0.2, 0) is 4.79 Å². The molecule has 0 spiro atoms. The molecule has 21 heavy (non-hydrogen) atoms. The van der Waals surface area contributed by atoms with Crippen LogP contribution in [0.5, 0.6) is 0 Å². The van der Waals surface area contributed by atoms with Crippen LogP contribution >= 0.6 is 0 Å². The first-order valence-corrected chi connectivity index (χ1v) is 7.23. The van der Waals surface area contributed by atoms with Gasteiger partial charge in [-0.15, -0.1) is 0 Å². The number of hydrogen-bond donors (Lipinski definition) is 2. The van der Waals surface area contributed by atoms with Gasteiger partial charge in [0.1, 0.15) is 0 Å². The van der Waals surface area contributed by atoms with Crippen LogP contribution in [-0.4, -0.2) is 48.4 Å². The van der Waals surface area contributed by atoms with Crippen molar-refractivity contribution >= 4 is 17.4 Å². The molecule has 0 aliphatic rings. The van der Waals surface area contributed by atoms with Crippen LogP contribution in [0.1, 0.15) is 36.5 Å². The molecule has 0 radical (unpaired) electrons. The number of hydrogen-bond acceptors (Lipinski definition) is 4. The van der Waals surface area contributed by atoms with E-state index in [9.17, 15) is 9.59 Å². The van der Waals surface area contributed by atoms with Crippen LogP contribution < -0.4 is 5.32 Å². The Kier molecular flexibility index (Phi) is 7.64. The molecule has 0 saturated carbocycles. The number of nitrogens with one attached hydrogen (secondary N) is 1. The third-order valence-corrected chi connectivity index (χ3v) is 3.16. The topological polar surface area (TPSA) is 69.6 Å². The lowest BCUT2D eigenvalue weighted by molar-refractivity contribution is -0.117. The summed E-state index contributed by atoms with van der Waals surface area (Å²) >= 11 is 0. The fourth-order valence-corrected chi connectivity index (χ4v) is 2.01. The van der Waals surface area contributed by atoms with Crippen molar-refractivity contribution in [2.45, 2.75) is 26.2 Å². The summed E-state index contributed by atoms with van der Waals surface area (Å²) in [6.45, 7) is 2.85. The average Bonchev–Trinajstić information content (AvgIpc) is 2.43. The van der Waals surface area contributed by atoms with Gasteiger partial charge in [0.25, 0.3) is 0 Å². The van der Waals surface area contributed by atoms with E-state index in [0.29, 0.717) is 17.8 Å². The molecule has 5 nitrogen and oxygen atoms in total. The van der Waals surface area contributed by atoms with Crippen molar-refractivity contribution in [3.05, 3.63) is 29.8 Å². The number of rotatable bonds is 9. The Hall–Kier alpha value is -1.72. The first-order chi connectivity index (χ1) is 10.0. The minimum atomic E-state index is -0.0969. The van der Waals surface area contributed by atoms with Gasteiger partial charge in [0.05, 0.1) is 6.54 Å². The number of amides is 1. The van der Waals surface area contributed by atoms with E-state index in [1.54, 1.807) is 24.3 Å². The Morgan fingerprint density at radius 1 is 1.24 bits per heavy atom. The monoisotopic (exact) mass is 292 g/mol. The maximum Gasteiger partial charge on any atom is 0.238 e.